The molecule has 0 aliphatic carbocycles. The van der Waals surface area contributed by atoms with Gasteiger partial charge in [-0.05, 0) is 40.8 Å². The maximum atomic E-state index is 12.8. The second-order valence-corrected chi connectivity index (χ2v) is 4.28. The van der Waals surface area contributed by atoms with Crippen molar-refractivity contribution in [1.82, 2.24) is 15.2 Å². The first-order chi connectivity index (χ1) is 8.06. The lowest BCUT2D eigenvalue weighted by molar-refractivity contribution is 0.101. The number of aromatic amines is 1. The Morgan fingerprint density at radius 2 is 2.29 bits per heavy atom. The summed E-state index contributed by atoms with van der Waals surface area (Å²) < 4.78 is 13.4. The molecule has 0 saturated heterocycles. The quantitative estimate of drug-likeness (QED) is 0.715. The number of benzene rings is 1. The van der Waals surface area contributed by atoms with Crippen molar-refractivity contribution in [3.8, 4) is 0 Å². The number of carbonyl (C=O) groups excluding carboxylic acids is 1. The Kier molecular flexibility index (Phi) is 3.22. The van der Waals surface area contributed by atoms with Gasteiger partial charge < -0.3 is 11.1 Å². The van der Waals surface area contributed by atoms with Gasteiger partial charge in [0.1, 0.15) is 5.82 Å². The highest BCUT2D eigenvalue weighted by molar-refractivity contribution is 14.1. The second-order valence-electron chi connectivity index (χ2n) is 3.12. The summed E-state index contributed by atoms with van der Waals surface area (Å²) in [6, 6.07) is 4.03. The molecule has 0 aliphatic rings. The molecule has 0 bridgehead atoms. The minimum atomic E-state index is -0.487. The number of nitrogens with zero attached hydrogens (tertiary/aromatic N) is 2. The van der Waals surface area contributed by atoms with Gasteiger partial charge in [0.05, 0.1) is 5.69 Å². The summed E-state index contributed by atoms with van der Waals surface area (Å²) >= 11 is 1.92. The monoisotopic (exact) mass is 347 g/mol. The second kappa shape index (κ2) is 4.65. The molecule has 0 atom stereocenters. The van der Waals surface area contributed by atoms with Crippen LogP contribution in [0.1, 0.15) is 10.6 Å². The van der Waals surface area contributed by atoms with E-state index >= 15 is 0 Å². The molecule has 0 spiro atoms. The van der Waals surface area contributed by atoms with E-state index in [9.17, 15) is 9.18 Å². The number of rotatable bonds is 2. The molecule has 0 unspecified atom stereocenters. The highest BCUT2D eigenvalue weighted by atomic mass is 127. The van der Waals surface area contributed by atoms with Gasteiger partial charge in [0.25, 0.3) is 5.91 Å². The van der Waals surface area contributed by atoms with Crippen molar-refractivity contribution in [2.75, 3.05) is 11.1 Å². The number of amides is 1. The van der Waals surface area contributed by atoms with Gasteiger partial charge in [0, 0.05) is 3.57 Å². The van der Waals surface area contributed by atoms with E-state index in [1.165, 1.54) is 18.2 Å². The van der Waals surface area contributed by atoms with Gasteiger partial charge in [-0.3, -0.25) is 9.89 Å². The number of anilines is 2. The molecular formula is C9H7FIN5O. The van der Waals surface area contributed by atoms with Crippen molar-refractivity contribution in [2.24, 2.45) is 0 Å². The molecule has 2 aromatic rings. The number of nitrogens with two attached hydrogens (primary N) is 1. The molecule has 0 saturated carbocycles. The Morgan fingerprint density at radius 1 is 1.53 bits per heavy atom. The van der Waals surface area contributed by atoms with E-state index in [1.54, 1.807) is 0 Å². The summed E-state index contributed by atoms with van der Waals surface area (Å²) in [5, 5.41) is 8.48. The minimum Gasteiger partial charge on any atom is -0.366 e. The van der Waals surface area contributed by atoms with Crippen LogP contribution in [0, 0.1) is 9.39 Å². The lowest BCUT2D eigenvalue weighted by Gasteiger charge is -2.05. The zero-order valence-corrected chi connectivity index (χ0v) is 10.5. The molecule has 1 aromatic carbocycles. The Labute approximate surface area is 109 Å². The average molecular weight is 347 g/mol. The summed E-state index contributed by atoms with van der Waals surface area (Å²) in [5.41, 5.74) is 5.77. The van der Waals surface area contributed by atoms with Gasteiger partial charge in [0.15, 0.2) is 0 Å². The van der Waals surface area contributed by atoms with Gasteiger partial charge in [0.2, 0.25) is 11.8 Å². The molecule has 1 heterocycles. The van der Waals surface area contributed by atoms with Gasteiger partial charge in [-0.25, -0.2) is 4.39 Å². The van der Waals surface area contributed by atoms with Crippen molar-refractivity contribution >= 4 is 40.1 Å². The third-order valence-corrected chi connectivity index (χ3v) is 2.79. The lowest BCUT2D eigenvalue weighted by Crippen LogP contribution is -2.14. The van der Waals surface area contributed by atoms with Crippen molar-refractivity contribution in [1.29, 1.82) is 0 Å². The van der Waals surface area contributed by atoms with Crippen LogP contribution < -0.4 is 11.1 Å². The number of carbonyl (C=O) groups is 1. The van der Waals surface area contributed by atoms with Crippen molar-refractivity contribution in [2.45, 2.75) is 0 Å². The Balaban J connectivity index is 2.18. The molecule has 6 nitrogen and oxygen atoms in total. The van der Waals surface area contributed by atoms with E-state index < -0.39 is 5.91 Å². The van der Waals surface area contributed by atoms with E-state index in [0.717, 1.165) is 0 Å². The van der Waals surface area contributed by atoms with Crippen LogP contribution >= 0.6 is 22.6 Å². The molecule has 0 radical (unpaired) electrons. The Bertz CT molecular complexity index is 570. The van der Waals surface area contributed by atoms with Gasteiger partial charge in [-0.2, -0.15) is 4.98 Å². The van der Waals surface area contributed by atoms with Crippen LogP contribution in [0.5, 0.6) is 0 Å². The van der Waals surface area contributed by atoms with Crippen LogP contribution in [-0.2, 0) is 0 Å². The number of hydrogen-bond donors (Lipinski definition) is 3. The topological polar surface area (TPSA) is 96.7 Å². The first-order valence-corrected chi connectivity index (χ1v) is 5.58. The van der Waals surface area contributed by atoms with E-state index in [-0.39, 0.29) is 17.6 Å². The van der Waals surface area contributed by atoms with Crippen molar-refractivity contribution < 1.29 is 9.18 Å². The maximum absolute atomic E-state index is 12.8. The molecule has 8 heteroatoms. The van der Waals surface area contributed by atoms with E-state index in [4.69, 9.17) is 5.73 Å². The number of halogens is 2. The minimum absolute atomic E-state index is 0.00243. The normalized spacial score (nSPS) is 10.2. The summed E-state index contributed by atoms with van der Waals surface area (Å²) in [6.45, 7) is 0. The third-order valence-electron chi connectivity index (χ3n) is 1.90. The van der Waals surface area contributed by atoms with Crippen LogP contribution in [-0.4, -0.2) is 21.1 Å². The molecule has 1 aromatic heterocycles. The first kappa shape index (κ1) is 11.8. The van der Waals surface area contributed by atoms with Gasteiger partial charge in [-0.1, -0.05) is 0 Å². The molecule has 1 amide bonds. The fraction of sp³-hybridized carbons (Fsp3) is 0. The van der Waals surface area contributed by atoms with Gasteiger partial charge >= 0.3 is 0 Å². The van der Waals surface area contributed by atoms with E-state index in [1.807, 2.05) is 22.6 Å². The zero-order chi connectivity index (χ0) is 12.4. The predicted molar refractivity (Wildman–Crippen MR) is 67.9 cm³/mol. The van der Waals surface area contributed by atoms with Gasteiger partial charge in [-0.15, -0.1) is 5.10 Å². The highest BCUT2D eigenvalue weighted by Crippen LogP contribution is 2.19. The SMILES string of the molecule is Nc1n[nH]c(C(=O)Nc2ccc(F)cc2I)n1. The predicted octanol–water partition coefficient (Wildman–Crippen LogP) is 1.38. The summed E-state index contributed by atoms with van der Waals surface area (Å²) in [5.74, 6) is -0.860. The van der Waals surface area contributed by atoms with E-state index in [2.05, 4.69) is 20.5 Å². The number of H-pyrrole nitrogens is 1. The fourth-order valence-corrected chi connectivity index (χ4v) is 1.76. The van der Waals surface area contributed by atoms with E-state index in [0.29, 0.717) is 9.26 Å². The third kappa shape index (κ3) is 2.70. The maximum Gasteiger partial charge on any atom is 0.293 e. The van der Waals surface area contributed by atoms with Crippen LogP contribution in [0.25, 0.3) is 0 Å². The average Bonchev–Trinajstić information content (AvgIpc) is 2.69. The number of nitrogen functional groups attached to an aromatic ring is 1. The molecule has 88 valence electrons. The number of aromatic nitrogens is 3. The molecular weight excluding hydrogens is 340 g/mol. The summed E-state index contributed by atoms with van der Waals surface area (Å²) in [4.78, 5) is 15.3. The first-order valence-electron chi connectivity index (χ1n) is 4.50. The van der Waals surface area contributed by atoms with Crippen molar-refractivity contribution in [3.63, 3.8) is 0 Å². The summed E-state index contributed by atoms with van der Waals surface area (Å²) in [6.07, 6.45) is 0. The van der Waals surface area contributed by atoms with Crippen LogP contribution in [0.2, 0.25) is 0 Å². The number of nitrogens with one attached hydrogen (secondary N) is 2. The van der Waals surface area contributed by atoms with Crippen LogP contribution in [0.4, 0.5) is 16.0 Å². The largest absolute Gasteiger partial charge is 0.366 e. The number of hydrogen-bond acceptors (Lipinski definition) is 4. The molecule has 2 rings (SSSR count). The molecule has 4 N–H and O–H groups in total. The zero-order valence-electron chi connectivity index (χ0n) is 8.37. The Morgan fingerprint density at radius 3 is 2.88 bits per heavy atom. The van der Waals surface area contributed by atoms with Crippen LogP contribution in [0.15, 0.2) is 18.2 Å². The fourth-order valence-electron chi connectivity index (χ4n) is 1.15. The Hall–Kier alpha value is -1.71. The van der Waals surface area contributed by atoms with Crippen molar-refractivity contribution in [3.05, 3.63) is 33.4 Å². The summed E-state index contributed by atoms with van der Waals surface area (Å²) in [7, 11) is 0. The smallest absolute Gasteiger partial charge is 0.293 e. The molecule has 17 heavy (non-hydrogen) atoms. The lowest BCUT2D eigenvalue weighted by atomic mass is 10.3. The standard InChI is InChI=1S/C9H7FIN5O/c10-4-1-2-6(5(11)3-4)13-8(17)7-14-9(12)16-15-7/h1-3H,(H,13,17)(H3,12,14,15,16). The van der Waals surface area contributed by atoms with Crippen LogP contribution in [0.3, 0.4) is 0 Å². The molecule has 0 aliphatic heterocycles. The highest BCUT2D eigenvalue weighted by Gasteiger charge is 2.12. The molecule has 0 fully saturated rings.